The van der Waals surface area contributed by atoms with Crippen molar-refractivity contribution in [1.29, 1.82) is 0 Å². The predicted molar refractivity (Wildman–Crippen MR) is 178 cm³/mol. The van der Waals surface area contributed by atoms with Gasteiger partial charge in [-0.3, -0.25) is 9.97 Å². The molecule has 0 fully saturated rings. The molecule has 0 bridgehead atoms. The molecule has 0 unspecified atom stereocenters. The van der Waals surface area contributed by atoms with Gasteiger partial charge in [0.05, 0.1) is 11.4 Å². The summed E-state index contributed by atoms with van der Waals surface area (Å²) in [5.74, 6) is 0. The molecular formula is C34H32N2S4. The largest absolute Gasteiger partial charge is 0.255 e. The van der Waals surface area contributed by atoms with Gasteiger partial charge < -0.3 is 0 Å². The zero-order valence-corrected chi connectivity index (χ0v) is 25.9. The number of rotatable bonds is 12. The number of nitrogens with zero attached hydrogens (tertiary/aromatic N) is 2. The van der Waals surface area contributed by atoms with Crippen molar-refractivity contribution in [3.63, 3.8) is 0 Å². The van der Waals surface area contributed by atoms with Gasteiger partial charge in [0.2, 0.25) is 0 Å². The predicted octanol–water partition coefficient (Wildman–Crippen LogP) is 12.0. The smallest absolute Gasteiger partial charge is 0.0892 e. The first-order valence-corrected chi connectivity index (χ1v) is 17.4. The van der Waals surface area contributed by atoms with Gasteiger partial charge >= 0.3 is 0 Å². The summed E-state index contributed by atoms with van der Waals surface area (Å²) in [6.45, 7) is 2.28. The molecule has 6 heteroatoms. The van der Waals surface area contributed by atoms with Crippen LogP contribution in [0, 0.1) is 0 Å². The Bertz CT molecular complexity index is 1650. The van der Waals surface area contributed by atoms with Gasteiger partial charge in [-0.05, 0) is 96.1 Å². The van der Waals surface area contributed by atoms with E-state index in [-0.39, 0.29) is 0 Å². The molecule has 6 rings (SSSR count). The molecule has 6 heterocycles. The first-order chi connectivity index (χ1) is 19.8. The molecule has 6 aromatic heterocycles. The van der Waals surface area contributed by atoms with E-state index >= 15 is 0 Å². The number of hydrogen-bond acceptors (Lipinski definition) is 6. The van der Waals surface area contributed by atoms with Crippen LogP contribution in [-0.2, 0) is 6.42 Å². The lowest BCUT2D eigenvalue weighted by molar-refractivity contribution is 0.609. The molecule has 0 aromatic carbocycles. The summed E-state index contributed by atoms with van der Waals surface area (Å²) < 4.78 is 0. The molecule has 202 valence electrons. The molecule has 0 aliphatic heterocycles. The van der Waals surface area contributed by atoms with Gasteiger partial charge in [-0.25, -0.2) is 0 Å². The van der Waals surface area contributed by atoms with Gasteiger partial charge in [-0.2, -0.15) is 0 Å². The van der Waals surface area contributed by atoms with E-state index in [0.29, 0.717) is 0 Å². The first-order valence-electron chi connectivity index (χ1n) is 14.0. The van der Waals surface area contributed by atoms with E-state index in [1.165, 1.54) is 90.2 Å². The minimum atomic E-state index is 0.903. The van der Waals surface area contributed by atoms with Crippen molar-refractivity contribution in [1.82, 2.24) is 9.97 Å². The summed E-state index contributed by atoms with van der Waals surface area (Å²) in [7, 11) is 0. The number of unbranched alkanes of at least 4 members (excludes halogenated alkanes) is 5. The molecule has 2 nitrogen and oxygen atoms in total. The van der Waals surface area contributed by atoms with Crippen LogP contribution in [-0.4, -0.2) is 9.97 Å². The monoisotopic (exact) mass is 596 g/mol. The Morgan fingerprint density at radius 1 is 0.550 bits per heavy atom. The molecule has 0 radical (unpaired) electrons. The van der Waals surface area contributed by atoms with Gasteiger partial charge in [-0.1, -0.05) is 45.1 Å². The van der Waals surface area contributed by atoms with Crippen molar-refractivity contribution in [3.8, 4) is 51.8 Å². The van der Waals surface area contributed by atoms with Gasteiger partial charge in [0.1, 0.15) is 0 Å². The summed E-state index contributed by atoms with van der Waals surface area (Å²) in [5.41, 5.74) is 4.17. The molecule has 6 aromatic rings. The average molecular weight is 597 g/mol. The third-order valence-corrected chi connectivity index (χ3v) is 11.7. The number of thiophene rings is 4. The minimum Gasteiger partial charge on any atom is -0.255 e. The van der Waals surface area contributed by atoms with E-state index < -0.39 is 0 Å². The van der Waals surface area contributed by atoms with Crippen LogP contribution < -0.4 is 0 Å². The second kappa shape index (κ2) is 13.2. The molecule has 0 amide bonds. The molecular weight excluding hydrogens is 565 g/mol. The van der Waals surface area contributed by atoms with Crippen molar-refractivity contribution >= 4 is 45.3 Å². The maximum Gasteiger partial charge on any atom is 0.0892 e. The Kier molecular flexibility index (Phi) is 8.99. The molecule has 0 spiro atoms. The van der Waals surface area contributed by atoms with E-state index in [1.54, 1.807) is 11.3 Å². The van der Waals surface area contributed by atoms with Crippen molar-refractivity contribution in [2.75, 3.05) is 0 Å². The average Bonchev–Trinajstić information content (AvgIpc) is 3.81. The van der Waals surface area contributed by atoms with Gasteiger partial charge in [0, 0.05) is 46.5 Å². The number of aryl methyl sites for hydroxylation is 1. The molecule has 40 heavy (non-hydrogen) atoms. The van der Waals surface area contributed by atoms with Crippen LogP contribution in [0.1, 0.15) is 50.3 Å². The zero-order valence-electron chi connectivity index (χ0n) is 22.6. The van der Waals surface area contributed by atoms with Gasteiger partial charge in [-0.15, -0.1) is 45.3 Å². The Morgan fingerprint density at radius 3 is 1.77 bits per heavy atom. The van der Waals surface area contributed by atoms with Crippen molar-refractivity contribution in [3.05, 3.63) is 95.4 Å². The lowest BCUT2D eigenvalue weighted by atomic mass is 10.1. The summed E-state index contributed by atoms with van der Waals surface area (Å²) in [6, 6.07) is 26.4. The fraction of sp³-hybridized carbons (Fsp3) is 0.235. The van der Waals surface area contributed by atoms with Crippen LogP contribution in [0.4, 0.5) is 0 Å². The van der Waals surface area contributed by atoms with Crippen molar-refractivity contribution in [2.45, 2.75) is 51.9 Å². The highest BCUT2D eigenvalue weighted by molar-refractivity contribution is 7.24. The molecule has 0 aliphatic rings. The maximum absolute atomic E-state index is 4.69. The third-order valence-electron chi connectivity index (χ3n) is 7.01. The second-order valence-corrected chi connectivity index (χ2v) is 14.2. The molecule has 0 saturated carbocycles. The highest BCUT2D eigenvalue weighted by atomic mass is 32.1. The van der Waals surface area contributed by atoms with Crippen molar-refractivity contribution < 1.29 is 0 Å². The number of aromatic nitrogens is 2. The van der Waals surface area contributed by atoms with Crippen LogP contribution in [0.5, 0.6) is 0 Å². The van der Waals surface area contributed by atoms with E-state index in [4.69, 9.17) is 0 Å². The fourth-order valence-electron chi connectivity index (χ4n) is 4.84. The van der Waals surface area contributed by atoms with Crippen LogP contribution in [0.25, 0.3) is 51.8 Å². The summed E-state index contributed by atoms with van der Waals surface area (Å²) in [4.78, 5) is 18.7. The second-order valence-electron chi connectivity index (χ2n) is 9.95. The highest BCUT2D eigenvalue weighted by Crippen LogP contribution is 2.40. The van der Waals surface area contributed by atoms with Crippen LogP contribution in [0.2, 0.25) is 0 Å². The zero-order chi connectivity index (χ0) is 27.1. The molecule has 0 N–H and O–H groups in total. The molecule has 0 aliphatic carbocycles. The highest BCUT2D eigenvalue weighted by Gasteiger charge is 2.12. The SMILES string of the molecule is CCCCCCCCc1ccc(-c2ccc(-c3ccnc(-c4cc(-c5ccc(-c6cccs6)s5)ccn4)c3)s2)s1. The van der Waals surface area contributed by atoms with Gasteiger partial charge in [0.25, 0.3) is 0 Å². The first kappa shape index (κ1) is 27.3. The lowest BCUT2D eigenvalue weighted by Gasteiger charge is -2.05. The minimum absolute atomic E-state index is 0.903. The third kappa shape index (κ3) is 6.52. The number of hydrogen-bond donors (Lipinski definition) is 0. The van der Waals surface area contributed by atoms with Crippen molar-refractivity contribution in [2.24, 2.45) is 0 Å². The molecule has 0 saturated heterocycles. The standard InChI is InChI=1S/C34H32N2S4/c1-2-3-4-5-6-7-9-26-11-12-33(38-26)34-16-14-30(40-34)25-18-20-36-28(23-25)27-22-24(17-19-35-27)29-13-15-32(39-29)31-10-8-21-37-31/h8,10-23H,2-7,9H2,1H3. The molecule has 0 atom stereocenters. The Morgan fingerprint density at radius 2 is 1.12 bits per heavy atom. The lowest BCUT2D eigenvalue weighted by Crippen LogP contribution is -1.88. The van der Waals surface area contributed by atoms with E-state index in [0.717, 1.165) is 11.4 Å². The van der Waals surface area contributed by atoms with Crippen LogP contribution in [0.3, 0.4) is 0 Å². The normalized spacial score (nSPS) is 11.3. The quantitative estimate of drug-likeness (QED) is 0.131. The number of pyridine rings is 2. The Labute approximate surface area is 253 Å². The van der Waals surface area contributed by atoms with Crippen LogP contribution >= 0.6 is 45.3 Å². The van der Waals surface area contributed by atoms with E-state index in [2.05, 4.69) is 95.1 Å². The summed E-state index contributed by atoms with van der Waals surface area (Å²) >= 11 is 7.42. The maximum atomic E-state index is 4.69. The van der Waals surface area contributed by atoms with E-state index in [9.17, 15) is 0 Å². The Balaban J connectivity index is 1.15. The summed E-state index contributed by atoms with van der Waals surface area (Å²) in [6.07, 6.45) is 13.1. The summed E-state index contributed by atoms with van der Waals surface area (Å²) in [5, 5.41) is 2.13. The topological polar surface area (TPSA) is 25.8 Å². The van der Waals surface area contributed by atoms with E-state index in [1.807, 2.05) is 46.4 Å². The van der Waals surface area contributed by atoms with Gasteiger partial charge in [0.15, 0.2) is 0 Å². The van der Waals surface area contributed by atoms with Crippen LogP contribution in [0.15, 0.2) is 90.6 Å². The Hall–Kier alpha value is -2.90. The fourth-order valence-corrected chi connectivity index (χ4v) is 8.82.